The molecule has 2 heterocycles. The van der Waals surface area contributed by atoms with Gasteiger partial charge in [0.1, 0.15) is 16.4 Å². The molecule has 0 spiro atoms. The number of rotatable bonds is 5. The van der Waals surface area contributed by atoms with Gasteiger partial charge in [0.25, 0.3) is 10.0 Å². The Labute approximate surface area is 139 Å². The van der Waals surface area contributed by atoms with Crippen LogP contribution < -0.4 is 4.31 Å². The van der Waals surface area contributed by atoms with Crippen LogP contribution in [-0.2, 0) is 10.0 Å². The molecule has 1 aromatic carbocycles. The molecule has 0 radical (unpaired) electrons. The van der Waals surface area contributed by atoms with Crippen LogP contribution in [-0.4, -0.2) is 29.7 Å². The monoisotopic (exact) mass is 346 g/mol. The average molecular weight is 346 g/mol. The maximum atomic E-state index is 13.8. The molecule has 24 heavy (non-hydrogen) atoms. The molecule has 0 aliphatic carbocycles. The predicted molar refractivity (Wildman–Crippen MR) is 88.0 cm³/mol. The molecular weight excluding hydrogens is 331 g/mol. The molecule has 0 bridgehead atoms. The van der Waals surface area contributed by atoms with Crippen molar-refractivity contribution in [2.75, 3.05) is 10.8 Å². The summed E-state index contributed by atoms with van der Waals surface area (Å²) in [5, 5.41) is 3.98. The van der Waals surface area contributed by atoms with E-state index in [1.807, 2.05) is 0 Å². The number of nitrogens with zero attached hydrogens (tertiary/aromatic N) is 4. The zero-order valence-corrected chi connectivity index (χ0v) is 13.7. The van der Waals surface area contributed by atoms with Gasteiger partial charge in [-0.2, -0.15) is 5.10 Å². The smallest absolute Gasteiger partial charge is 0.266 e. The SMILES string of the molecule is CCN(c1ccncc1)S(=O)(=O)c1cnn(-c2ccccc2F)c1. The third kappa shape index (κ3) is 2.88. The standard InChI is InChI=1S/C16H15FN4O2S/c1-2-21(13-7-9-18-10-8-13)24(22,23)14-11-19-20(12-14)16-6-4-3-5-15(16)17/h3-12H,2H2,1H3. The summed E-state index contributed by atoms with van der Waals surface area (Å²) >= 11 is 0. The van der Waals surface area contributed by atoms with Crippen LogP contribution in [0.2, 0.25) is 0 Å². The lowest BCUT2D eigenvalue weighted by Gasteiger charge is -2.21. The van der Waals surface area contributed by atoms with E-state index in [0.717, 1.165) is 0 Å². The molecule has 0 aliphatic rings. The van der Waals surface area contributed by atoms with Gasteiger partial charge in [0.05, 0.1) is 18.1 Å². The number of hydrogen-bond donors (Lipinski definition) is 0. The van der Waals surface area contributed by atoms with Gasteiger partial charge in [-0.25, -0.2) is 17.5 Å². The Bertz CT molecular complexity index is 941. The summed E-state index contributed by atoms with van der Waals surface area (Å²) in [6, 6.07) is 9.26. The minimum Gasteiger partial charge on any atom is -0.266 e. The van der Waals surface area contributed by atoms with E-state index in [0.29, 0.717) is 5.69 Å². The average Bonchev–Trinajstić information content (AvgIpc) is 3.07. The normalized spacial score (nSPS) is 11.4. The fraction of sp³-hybridized carbons (Fsp3) is 0.125. The third-order valence-electron chi connectivity index (χ3n) is 3.48. The maximum Gasteiger partial charge on any atom is 0.267 e. The number of aromatic nitrogens is 3. The highest BCUT2D eigenvalue weighted by molar-refractivity contribution is 7.92. The number of benzene rings is 1. The first-order valence-electron chi connectivity index (χ1n) is 7.26. The number of pyridine rings is 1. The van der Waals surface area contributed by atoms with Crippen molar-refractivity contribution in [1.82, 2.24) is 14.8 Å². The van der Waals surface area contributed by atoms with Crippen LogP contribution in [0.15, 0.2) is 66.1 Å². The van der Waals surface area contributed by atoms with Gasteiger partial charge < -0.3 is 0 Å². The molecule has 3 rings (SSSR count). The Hall–Kier alpha value is -2.74. The highest BCUT2D eigenvalue weighted by atomic mass is 32.2. The lowest BCUT2D eigenvalue weighted by molar-refractivity contribution is 0.591. The molecule has 2 aromatic heterocycles. The van der Waals surface area contributed by atoms with Gasteiger partial charge in [0, 0.05) is 18.9 Å². The Kier molecular flexibility index (Phi) is 4.30. The molecule has 6 nitrogen and oxygen atoms in total. The van der Waals surface area contributed by atoms with Crippen molar-refractivity contribution < 1.29 is 12.8 Å². The molecule has 0 saturated carbocycles. The van der Waals surface area contributed by atoms with E-state index in [1.54, 1.807) is 31.2 Å². The second-order valence-electron chi connectivity index (χ2n) is 4.95. The summed E-state index contributed by atoms with van der Waals surface area (Å²) in [7, 11) is -3.80. The van der Waals surface area contributed by atoms with Crippen molar-refractivity contribution in [3.63, 3.8) is 0 Å². The summed E-state index contributed by atoms with van der Waals surface area (Å²) in [5.41, 5.74) is 0.692. The second-order valence-corrected chi connectivity index (χ2v) is 6.81. The topological polar surface area (TPSA) is 68.1 Å². The fourth-order valence-electron chi connectivity index (χ4n) is 2.34. The Morgan fingerprint density at radius 1 is 1.17 bits per heavy atom. The van der Waals surface area contributed by atoms with Crippen LogP contribution in [0.3, 0.4) is 0 Å². The van der Waals surface area contributed by atoms with Crippen LogP contribution in [0, 0.1) is 5.82 Å². The maximum absolute atomic E-state index is 13.8. The molecule has 0 fully saturated rings. The summed E-state index contributed by atoms with van der Waals surface area (Å²) in [5.74, 6) is -0.481. The summed E-state index contributed by atoms with van der Waals surface area (Å²) in [4.78, 5) is 3.88. The molecule has 0 saturated heterocycles. The van der Waals surface area contributed by atoms with Crippen molar-refractivity contribution in [2.24, 2.45) is 0 Å². The number of hydrogen-bond acceptors (Lipinski definition) is 4. The van der Waals surface area contributed by atoms with E-state index in [1.165, 1.54) is 45.9 Å². The Morgan fingerprint density at radius 2 is 1.88 bits per heavy atom. The number of para-hydroxylation sites is 1. The zero-order valence-electron chi connectivity index (χ0n) is 12.9. The van der Waals surface area contributed by atoms with Crippen LogP contribution in [0.4, 0.5) is 10.1 Å². The lowest BCUT2D eigenvalue weighted by Crippen LogP contribution is -2.30. The van der Waals surface area contributed by atoms with E-state index < -0.39 is 15.8 Å². The van der Waals surface area contributed by atoms with E-state index >= 15 is 0 Å². The minimum absolute atomic E-state index is 0.00980. The van der Waals surface area contributed by atoms with Gasteiger partial charge in [-0.05, 0) is 31.2 Å². The van der Waals surface area contributed by atoms with Gasteiger partial charge in [-0.15, -0.1) is 0 Å². The van der Waals surface area contributed by atoms with Crippen molar-refractivity contribution in [3.05, 3.63) is 67.0 Å². The third-order valence-corrected chi connectivity index (χ3v) is 5.34. The van der Waals surface area contributed by atoms with E-state index in [9.17, 15) is 12.8 Å². The quantitative estimate of drug-likeness (QED) is 0.712. The van der Waals surface area contributed by atoms with Gasteiger partial charge in [-0.3, -0.25) is 9.29 Å². The summed E-state index contributed by atoms with van der Waals surface area (Å²) in [6.07, 6.45) is 5.57. The van der Waals surface area contributed by atoms with Gasteiger partial charge in [0.15, 0.2) is 0 Å². The molecule has 124 valence electrons. The van der Waals surface area contributed by atoms with Crippen molar-refractivity contribution in [3.8, 4) is 5.69 Å². The molecule has 0 amide bonds. The Balaban J connectivity index is 2.01. The number of halogens is 1. The van der Waals surface area contributed by atoms with E-state index in [-0.39, 0.29) is 17.1 Å². The lowest BCUT2D eigenvalue weighted by atomic mass is 10.3. The highest BCUT2D eigenvalue weighted by Crippen LogP contribution is 2.23. The molecule has 0 N–H and O–H groups in total. The predicted octanol–water partition coefficient (Wildman–Crippen LogP) is 2.62. The van der Waals surface area contributed by atoms with Crippen LogP contribution in [0.5, 0.6) is 0 Å². The van der Waals surface area contributed by atoms with Crippen LogP contribution >= 0.6 is 0 Å². The van der Waals surface area contributed by atoms with Crippen LogP contribution in [0.25, 0.3) is 5.69 Å². The van der Waals surface area contributed by atoms with Gasteiger partial charge in [-0.1, -0.05) is 12.1 Å². The summed E-state index contributed by atoms with van der Waals surface area (Å²) in [6.45, 7) is 1.98. The van der Waals surface area contributed by atoms with Crippen molar-refractivity contribution in [1.29, 1.82) is 0 Å². The highest BCUT2D eigenvalue weighted by Gasteiger charge is 2.25. The Morgan fingerprint density at radius 3 is 2.54 bits per heavy atom. The number of sulfonamides is 1. The first-order chi connectivity index (χ1) is 11.5. The van der Waals surface area contributed by atoms with Gasteiger partial charge >= 0.3 is 0 Å². The largest absolute Gasteiger partial charge is 0.267 e. The fourth-order valence-corrected chi connectivity index (χ4v) is 3.74. The first kappa shape index (κ1) is 16.1. The van der Waals surface area contributed by atoms with Crippen molar-refractivity contribution in [2.45, 2.75) is 11.8 Å². The molecule has 3 aromatic rings. The first-order valence-corrected chi connectivity index (χ1v) is 8.70. The van der Waals surface area contributed by atoms with Gasteiger partial charge in [0.2, 0.25) is 0 Å². The van der Waals surface area contributed by atoms with Crippen LogP contribution in [0.1, 0.15) is 6.92 Å². The second kappa shape index (κ2) is 6.40. The van der Waals surface area contributed by atoms with Crippen molar-refractivity contribution >= 4 is 15.7 Å². The molecule has 0 aliphatic heterocycles. The van der Waals surface area contributed by atoms with E-state index in [4.69, 9.17) is 0 Å². The molecule has 0 unspecified atom stereocenters. The zero-order chi connectivity index (χ0) is 17.2. The molecule has 0 atom stereocenters. The summed E-state index contributed by atoms with van der Waals surface area (Å²) < 4.78 is 42.0. The minimum atomic E-state index is -3.80. The molecular formula is C16H15FN4O2S. The molecule has 8 heteroatoms. The number of anilines is 1. The van der Waals surface area contributed by atoms with E-state index in [2.05, 4.69) is 10.1 Å².